The summed E-state index contributed by atoms with van der Waals surface area (Å²) in [6.45, 7) is 5.29. The van der Waals surface area contributed by atoms with Gasteiger partial charge in [-0.2, -0.15) is 10.1 Å². The van der Waals surface area contributed by atoms with Crippen molar-refractivity contribution in [2.24, 2.45) is 0 Å². The molecule has 1 N–H and O–H groups in total. The molecule has 0 aliphatic rings. The molecule has 1 aromatic carbocycles. The Labute approximate surface area is 151 Å². The second-order valence-corrected chi connectivity index (χ2v) is 6.43. The number of hydrogen-bond donors (Lipinski definition) is 1. The summed E-state index contributed by atoms with van der Waals surface area (Å²) in [5, 5.41) is 10.7. The summed E-state index contributed by atoms with van der Waals surface area (Å²) in [5.41, 5.74) is 1.61. The van der Waals surface area contributed by atoms with Gasteiger partial charge in [-0.3, -0.25) is 15.0 Å². The molecule has 0 atom stereocenters. The molecule has 26 heavy (non-hydrogen) atoms. The molecule has 0 radical (unpaired) electrons. The Kier molecular flexibility index (Phi) is 5.43. The van der Waals surface area contributed by atoms with Crippen molar-refractivity contribution in [3.05, 3.63) is 59.7 Å². The maximum absolute atomic E-state index is 12.6. The molecular formula is C18H22N6O2. The SMILES string of the molecule is CC(C)n1ncnc1NC(=O)c1cccc(CN(C)Cc2ccno2)c1. The van der Waals surface area contributed by atoms with Crippen molar-refractivity contribution in [2.75, 3.05) is 12.4 Å². The van der Waals surface area contributed by atoms with Crippen molar-refractivity contribution < 1.29 is 9.32 Å². The summed E-state index contributed by atoms with van der Waals surface area (Å²) in [6.07, 6.45) is 3.06. The van der Waals surface area contributed by atoms with E-state index in [1.807, 2.05) is 45.2 Å². The molecule has 136 valence electrons. The summed E-state index contributed by atoms with van der Waals surface area (Å²) in [5.74, 6) is 1.03. The third-order valence-corrected chi connectivity index (χ3v) is 3.85. The van der Waals surface area contributed by atoms with Gasteiger partial charge < -0.3 is 4.52 Å². The normalized spacial score (nSPS) is 11.3. The Balaban J connectivity index is 1.66. The van der Waals surface area contributed by atoms with Crippen LogP contribution < -0.4 is 5.32 Å². The highest BCUT2D eigenvalue weighted by atomic mass is 16.5. The van der Waals surface area contributed by atoms with E-state index in [0.717, 1.165) is 11.3 Å². The molecule has 2 aromatic heterocycles. The van der Waals surface area contributed by atoms with Crippen molar-refractivity contribution >= 4 is 11.9 Å². The van der Waals surface area contributed by atoms with Crippen molar-refractivity contribution in [1.82, 2.24) is 24.8 Å². The zero-order valence-corrected chi connectivity index (χ0v) is 15.1. The number of aromatic nitrogens is 4. The Morgan fingerprint density at radius 3 is 2.88 bits per heavy atom. The Hall–Kier alpha value is -3.00. The highest BCUT2D eigenvalue weighted by Gasteiger charge is 2.13. The van der Waals surface area contributed by atoms with Crippen LogP contribution in [0, 0.1) is 0 Å². The molecule has 2 heterocycles. The fourth-order valence-corrected chi connectivity index (χ4v) is 2.66. The molecular weight excluding hydrogens is 332 g/mol. The van der Waals surface area contributed by atoms with Gasteiger partial charge in [0.1, 0.15) is 6.33 Å². The first-order valence-corrected chi connectivity index (χ1v) is 8.41. The minimum absolute atomic E-state index is 0.115. The van der Waals surface area contributed by atoms with E-state index in [1.54, 1.807) is 16.9 Å². The van der Waals surface area contributed by atoms with E-state index in [2.05, 4.69) is 25.5 Å². The third kappa shape index (κ3) is 4.34. The average molecular weight is 354 g/mol. The monoisotopic (exact) mass is 354 g/mol. The van der Waals surface area contributed by atoms with Crippen LogP contribution >= 0.6 is 0 Å². The van der Waals surface area contributed by atoms with Gasteiger partial charge in [0.15, 0.2) is 5.76 Å². The molecule has 8 heteroatoms. The number of carbonyl (C=O) groups excluding carboxylic acids is 1. The number of anilines is 1. The molecule has 8 nitrogen and oxygen atoms in total. The average Bonchev–Trinajstić information content (AvgIpc) is 3.26. The lowest BCUT2D eigenvalue weighted by atomic mass is 10.1. The summed E-state index contributed by atoms with van der Waals surface area (Å²) in [4.78, 5) is 18.8. The lowest BCUT2D eigenvalue weighted by Crippen LogP contribution is -2.19. The van der Waals surface area contributed by atoms with Gasteiger partial charge >= 0.3 is 0 Å². The molecule has 0 saturated heterocycles. The van der Waals surface area contributed by atoms with E-state index in [-0.39, 0.29) is 11.9 Å². The number of benzene rings is 1. The van der Waals surface area contributed by atoms with E-state index >= 15 is 0 Å². The van der Waals surface area contributed by atoms with Gasteiger partial charge in [0.25, 0.3) is 5.91 Å². The minimum atomic E-state index is -0.209. The van der Waals surface area contributed by atoms with E-state index in [9.17, 15) is 4.79 Å². The number of rotatable bonds is 7. The van der Waals surface area contributed by atoms with Gasteiger partial charge in [-0.15, -0.1) is 0 Å². The van der Waals surface area contributed by atoms with Crippen LogP contribution in [0.1, 0.15) is 41.6 Å². The topological polar surface area (TPSA) is 89.1 Å². The Morgan fingerprint density at radius 2 is 2.15 bits per heavy atom. The van der Waals surface area contributed by atoms with Crippen LogP contribution in [0.4, 0.5) is 5.95 Å². The minimum Gasteiger partial charge on any atom is -0.360 e. The maximum Gasteiger partial charge on any atom is 0.258 e. The highest BCUT2D eigenvalue weighted by molar-refractivity contribution is 6.03. The van der Waals surface area contributed by atoms with Crippen LogP contribution in [-0.4, -0.2) is 37.8 Å². The molecule has 0 fully saturated rings. The van der Waals surface area contributed by atoms with E-state index in [4.69, 9.17) is 4.52 Å². The predicted molar refractivity (Wildman–Crippen MR) is 96.5 cm³/mol. The molecule has 0 aliphatic carbocycles. The number of hydrogen-bond acceptors (Lipinski definition) is 6. The van der Waals surface area contributed by atoms with Gasteiger partial charge in [0.2, 0.25) is 5.95 Å². The smallest absolute Gasteiger partial charge is 0.258 e. The van der Waals surface area contributed by atoms with Gasteiger partial charge in [-0.05, 0) is 38.6 Å². The van der Waals surface area contributed by atoms with Gasteiger partial charge in [0.05, 0.1) is 18.8 Å². The van der Waals surface area contributed by atoms with Crippen molar-refractivity contribution in [2.45, 2.75) is 33.0 Å². The molecule has 3 aromatic rings. The summed E-state index contributed by atoms with van der Waals surface area (Å²) in [6, 6.07) is 9.48. The van der Waals surface area contributed by atoms with Gasteiger partial charge in [-0.25, -0.2) is 4.68 Å². The van der Waals surface area contributed by atoms with Crippen LogP contribution in [0.15, 0.2) is 47.4 Å². The van der Waals surface area contributed by atoms with Crippen LogP contribution in [0.3, 0.4) is 0 Å². The van der Waals surface area contributed by atoms with E-state index in [1.165, 1.54) is 6.33 Å². The zero-order chi connectivity index (χ0) is 18.5. The first kappa shape index (κ1) is 17.8. The van der Waals surface area contributed by atoms with Crippen LogP contribution in [0.5, 0.6) is 0 Å². The summed E-state index contributed by atoms with van der Waals surface area (Å²) < 4.78 is 6.80. The Morgan fingerprint density at radius 1 is 1.31 bits per heavy atom. The highest BCUT2D eigenvalue weighted by Crippen LogP contribution is 2.14. The molecule has 1 amide bonds. The van der Waals surface area contributed by atoms with Crippen LogP contribution in [0.2, 0.25) is 0 Å². The number of nitrogens with one attached hydrogen (secondary N) is 1. The van der Waals surface area contributed by atoms with Crippen molar-refractivity contribution in [1.29, 1.82) is 0 Å². The third-order valence-electron chi connectivity index (χ3n) is 3.85. The fraction of sp³-hybridized carbons (Fsp3) is 0.333. The summed E-state index contributed by atoms with van der Waals surface area (Å²) in [7, 11) is 1.99. The Bertz CT molecular complexity index is 856. The molecule has 0 spiro atoms. The molecule has 0 saturated carbocycles. The fourth-order valence-electron chi connectivity index (χ4n) is 2.66. The lowest BCUT2D eigenvalue weighted by Gasteiger charge is -2.15. The second-order valence-electron chi connectivity index (χ2n) is 6.43. The second kappa shape index (κ2) is 7.92. The number of amides is 1. The van der Waals surface area contributed by atoms with Gasteiger partial charge in [0, 0.05) is 18.2 Å². The number of carbonyl (C=O) groups is 1. The quantitative estimate of drug-likeness (QED) is 0.702. The maximum atomic E-state index is 12.6. The molecule has 0 aliphatic heterocycles. The first-order valence-electron chi connectivity index (χ1n) is 8.41. The van der Waals surface area contributed by atoms with Crippen molar-refractivity contribution in [3.8, 4) is 0 Å². The van der Waals surface area contributed by atoms with Crippen molar-refractivity contribution in [3.63, 3.8) is 0 Å². The first-order chi connectivity index (χ1) is 12.5. The van der Waals surface area contributed by atoms with Crippen LogP contribution in [-0.2, 0) is 13.1 Å². The lowest BCUT2D eigenvalue weighted by molar-refractivity contribution is 0.102. The zero-order valence-electron chi connectivity index (χ0n) is 15.1. The standard InChI is InChI=1S/C18H22N6O2/c1-13(2)24-18(19-12-20-24)22-17(25)15-6-4-5-14(9-15)10-23(3)11-16-7-8-21-26-16/h4-9,12-13H,10-11H2,1-3H3,(H,19,20,22,25). The predicted octanol–water partition coefficient (Wildman–Crippen LogP) is 2.73. The number of nitrogens with zero attached hydrogens (tertiary/aromatic N) is 5. The van der Waals surface area contributed by atoms with Crippen LogP contribution in [0.25, 0.3) is 0 Å². The van der Waals surface area contributed by atoms with Gasteiger partial charge in [-0.1, -0.05) is 17.3 Å². The summed E-state index contributed by atoms with van der Waals surface area (Å²) >= 11 is 0. The molecule has 0 unspecified atom stereocenters. The molecule has 3 rings (SSSR count). The van der Waals surface area contributed by atoms with E-state index < -0.39 is 0 Å². The largest absolute Gasteiger partial charge is 0.360 e. The molecule has 0 bridgehead atoms. The van der Waals surface area contributed by atoms with E-state index in [0.29, 0.717) is 24.6 Å².